The van der Waals surface area contributed by atoms with Crippen molar-refractivity contribution in [3.63, 3.8) is 0 Å². The molecule has 6 atom stereocenters. The van der Waals surface area contributed by atoms with E-state index in [0.29, 0.717) is 35.2 Å². The quantitative estimate of drug-likeness (QED) is 0.335. The fourth-order valence-corrected chi connectivity index (χ4v) is 7.48. The number of rotatable bonds is 10. The Bertz CT molecular complexity index is 743. The van der Waals surface area contributed by atoms with Crippen LogP contribution in [-0.2, 0) is 0 Å². The highest BCUT2D eigenvalue weighted by molar-refractivity contribution is 5.38. The van der Waals surface area contributed by atoms with Crippen molar-refractivity contribution < 1.29 is 14.6 Å². The summed E-state index contributed by atoms with van der Waals surface area (Å²) in [7, 11) is 0. The van der Waals surface area contributed by atoms with Crippen molar-refractivity contribution in [2.75, 3.05) is 0 Å². The van der Waals surface area contributed by atoms with Gasteiger partial charge in [0.1, 0.15) is 6.17 Å². The second kappa shape index (κ2) is 11.9. The van der Waals surface area contributed by atoms with Gasteiger partial charge in [-0.3, -0.25) is 0 Å². The van der Waals surface area contributed by atoms with Gasteiger partial charge in [0.2, 0.25) is 0 Å². The van der Waals surface area contributed by atoms with Gasteiger partial charge in [-0.2, -0.15) is 0 Å². The monoisotopic (exact) mass is 474 g/mol. The maximum atomic E-state index is 14.1. The van der Waals surface area contributed by atoms with Gasteiger partial charge in [0, 0.05) is 0 Å². The van der Waals surface area contributed by atoms with Crippen LogP contribution >= 0.6 is 0 Å². The first kappa shape index (κ1) is 27.7. The van der Waals surface area contributed by atoms with Gasteiger partial charge in [0.25, 0.3) is 0 Å². The minimum atomic E-state index is -0.864. The van der Waals surface area contributed by atoms with E-state index in [9.17, 15) is 14.6 Å². The Morgan fingerprint density at radius 2 is 1.82 bits per heavy atom. The van der Waals surface area contributed by atoms with Crippen molar-refractivity contribution in [3.05, 3.63) is 35.5 Å². The van der Waals surface area contributed by atoms with Gasteiger partial charge in [-0.25, -0.2) is 4.39 Å². The molecule has 2 nitrogen and oxygen atoms in total. The highest BCUT2D eigenvalue weighted by Gasteiger charge is 2.51. The minimum absolute atomic E-state index is 0.223. The average molecular weight is 475 g/mol. The topological polar surface area (TPSA) is 40.5 Å². The first-order valence-electron chi connectivity index (χ1n) is 14.1. The SMILES string of the molecule is C=C1/C(=C\C=C2/CCC[C@@]3(C)C2CCC3C(CCCC(C)O)CCCC(C)(C)O)CCC[C@@H]1F. The lowest BCUT2D eigenvalue weighted by Crippen LogP contribution is -2.37. The number of fused-ring (bicyclic) bond motifs is 1. The zero-order valence-electron chi connectivity index (χ0n) is 22.4. The lowest BCUT2D eigenvalue weighted by molar-refractivity contribution is 0.0548. The van der Waals surface area contributed by atoms with Crippen LogP contribution in [-0.4, -0.2) is 28.1 Å². The van der Waals surface area contributed by atoms with E-state index < -0.39 is 11.8 Å². The van der Waals surface area contributed by atoms with Crippen molar-refractivity contribution in [1.29, 1.82) is 0 Å². The molecule has 0 aliphatic heterocycles. The van der Waals surface area contributed by atoms with Gasteiger partial charge >= 0.3 is 0 Å². The summed E-state index contributed by atoms with van der Waals surface area (Å²) in [5, 5.41) is 20.1. The second-order valence-electron chi connectivity index (χ2n) is 12.7. The van der Waals surface area contributed by atoms with Crippen molar-refractivity contribution in [3.8, 4) is 0 Å². The van der Waals surface area contributed by atoms with E-state index in [0.717, 1.165) is 44.1 Å². The predicted octanol–water partition coefficient (Wildman–Crippen LogP) is 8.24. The highest BCUT2D eigenvalue weighted by Crippen LogP contribution is 2.60. The molecule has 0 heterocycles. The molecule has 3 rings (SSSR count). The molecule has 34 heavy (non-hydrogen) atoms. The number of aliphatic hydroxyl groups is 2. The van der Waals surface area contributed by atoms with E-state index in [4.69, 9.17) is 0 Å². The molecule has 0 amide bonds. The molecule has 194 valence electrons. The van der Waals surface area contributed by atoms with E-state index in [2.05, 4.69) is 25.7 Å². The first-order chi connectivity index (χ1) is 16.0. The molecule has 3 saturated carbocycles. The molecule has 3 fully saturated rings. The van der Waals surface area contributed by atoms with Gasteiger partial charge < -0.3 is 10.2 Å². The smallest absolute Gasteiger partial charge is 0.125 e. The maximum absolute atomic E-state index is 14.1. The van der Waals surface area contributed by atoms with Gasteiger partial charge in [-0.05, 0) is 119 Å². The second-order valence-corrected chi connectivity index (χ2v) is 12.7. The molecule has 3 aliphatic carbocycles. The molecular weight excluding hydrogens is 423 g/mol. The van der Waals surface area contributed by atoms with Crippen LogP contribution in [0.5, 0.6) is 0 Å². The molecular formula is C31H51FO2. The lowest BCUT2D eigenvalue weighted by atomic mass is 9.60. The number of aliphatic hydroxyl groups excluding tert-OH is 1. The fraction of sp³-hybridized carbons (Fsp3) is 0.806. The average Bonchev–Trinajstić information content (AvgIpc) is 3.10. The maximum Gasteiger partial charge on any atom is 0.125 e. The van der Waals surface area contributed by atoms with E-state index in [1.54, 1.807) is 5.57 Å². The molecule has 4 unspecified atom stereocenters. The fourth-order valence-electron chi connectivity index (χ4n) is 7.48. The number of hydrogen-bond acceptors (Lipinski definition) is 2. The largest absolute Gasteiger partial charge is 0.393 e. The Balaban J connectivity index is 1.74. The third kappa shape index (κ3) is 7.06. The Labute approximate surface area is 208 Å². The summed E-state index contributed by atoms with van der Waals surface area (Å²) in [6, 6.07) is 0. The van der Waals surface area contributed by atoms with Crippen LogP contribution in [0, 0.1) is 23.2 Å². The van der Waals surface area contributed by atoms with Gasteiger partial charge in [-0.1, -0.05) is 56.9 Å². The summed E-state index contributed by atoms with van der Waals surface area (Å²) >= 11 is 0. The first-order valence-corrected chi connectivity index (χ1v) is 14.1. The number of hydrogen-bond donors (Lipinski definition) is 2. The van der Waals surface area contributed by atoms with Crippen LogP contribution in [0.2, 0.25) is 0 Å². The Morgan fingerprint density at radius 1 is 1.09 bits per heavy atom. The molecule has 0 aromatic heterocycles. The van der Waals surface area contributed by atoms with E-state index in [-0.39, 0.29) is 6.10 Å². The predicted molar refractivity (Wildman–Crippen MR) is 141 cm³/mol. The Kier molecular flexibility index (Phi) is 9.65. The highest BCUT2D eigenvalue weighted by atomic mass is 19.1. The molecule has 3 aliphatic rings. The van der Waals surface area contributed by atoms with Crippen molar-refractivity contribution >= 4 is 0 Å². The summed E-state index contributed by atoms with van der Waals surface area (Å²) in [5.41, 5.74) is 3.14. The molecule has 0 saturated heterocycles. The van der Waals surface area contributed by atoms with Crippen LogP contribution in [0.25, 0.3) is 0 Å². The van der Waals surface area contributed by atoms with E-state index in [1.807, 2.05) is 20.8 Å². The summed E-state index contributed by atoms with van der Waals surface area (Å²) in [6.07, 6.45) is 18.5. The standard InChI is InChI=1S/C31H51FO2/c1-22(33)10-6-12-25(13-8-20-30(3,4)34)27-18-19-28-26(14-9-21-31(27,28)5)17-16-24-11-7-15-29(32)23(24)2/h16-17,22,25,27-29,33-34H,2,6-15,18-21H2,1,3-5H3/b24-16-,26-17+/t22?,25?,27?,28?,29-,31+/m0/s1. The van der Waals surface area contributed by atoms with Crippen LogP contribution in [0.15, 0.2) is 35.5 Å². The summed E-state index contributed by atoms with van der Waals surface area (Å²) < 4.78 is 14.1. The van der Waals surface area contributed by atoms with Crippen LogP contribution in [0.3, 0.4) is 0 Å². The van der Waals surface area contributed by atoms with Crippen LogP contribution in [0.1, 0.15) is 118 Å². The normalized spacial score (nSPS) is 34.4. The van der Waals surface area contributed by atoms with Gasteiger partial charge in [-0.15, -0.1) is 0 Å². The Hall–Kier alpha value is -0.930. The number of alkyl halides is 1. The Morgan fingerprint density at radius 3 is 2.53 bits per heavy atom. The molecule has 0 bridgehead atoms. The summed E-state index contributed by atoms with van der Waals surface area (Å²) in [5.74, 6) is 2.01. The van der Waals surface area contributed by atoms with Crippen molar-refractivity contribution in [2.45, 2.75) is 135 Å². The summed E-state index contributed by atoms with van der Waals surface area (Å²) in [4.78, 5) is 0. The van der Waals surface area contributed by atoms with E-state index in [1.165, 1.54) is 44.9 Å². The van der Waals surface area contributed by atoms with Crippen molar-refractivity contribution in [1.82, 2.24) is 0 Å². The summed E-state index contributed by atoms with van der Waals surface area (Å²) in [6.45, 7) is 12.3. The van der Waals surface area contributed by atoms with Crippen LogP contribution in [0.4, 0.5) is 4.39 Å². The molecule has 2 N–H and O–H groups in total. The third-order valence-electron chi connectivity index (χ3n) is 9.36. The lowest BCUT2D eigenvalue weighted by Gasteiger charge is -2.45. The molecule has 0 spiro atoms. The molecule has 0 radical (unpaired) electrons. The zero-order chi connectivity index (χ0) is 24.9. The van der Waals surface area contributed by atoms with Gasteiger partial charge in [0.05, 0.1) is 11.7 Å². The molecule has 3 heteroatoms. The van der Waals surface area contributed by atoms with Gasteiger partial charge in [0.15, 0.2) is 0 Å². The minimum Gasteiger partial charge on any atom is -0.393 e. The number of halogens is 1. The zero-order valence-corrected chi connectivity index (χ0v) is 22.4. The number of allylic oxidation sites excluding steroid dienone is 5. The molecule has 0 aromatic rings. The van der Waals surface area contributed by atoms with Crippen LogP contribution < -0.4 is 0 Å². The molecule has 0 aromatic carbocycles. The van der Waals surface area contributed by atoms with Crippen molar-refractivity contribution in [2.24, 2.45) is 23.2 Å². The third-order valence-corrected chi connectivity index (χ3v) is 9.36. The van der Waals surface area contributed by atoms with E-state index >= 15 is 0 Å².